The van der Waals surface area contributed by atoms with Crippen LogP contribution in [0.15, 0.2) is 47.4 Å². The fraction of sp³-hybridized carbons (Fsp3) is 0.500. The number of fused-ring (bicyclic) bond motifs is 1. The number of hydrogen-bond donors (Lipinski definition) is 3. The highest BCUT2D eigenvalue weighted by molar-refractivity contribution is 7.92. The summed E-state index contributed by atoms with van der Waals surface area (Å²) in [6, 6.07) is 9.98. The molecule has 3 N–H and O–H groups in total. The zero-order valence-electron chi connectivity index (χ0n) is 26.8. The molecular formula is C30H39F3N4O8S. The Morgan fingerprint density at radius 1 is 0.913 bits per heavy atom. The molecule has 1 aliphatic rings. The first kappa shape index (κ1) is 36.3. The number of nitrogens with one attached hydrogen (secondary N) is 3. The van der Waals surface area contributed by atoms with Gasteiger partial charge in [-0.1, -0.05) is 31.5 Å². The van der Waals surface area contributed by atoms with E-state index in [1.807, 2.05) is 0 Å². The van der Waals surface area contributed by atoms with Gasteiger partial charge in [0.2, 0.25) is 11.5 Å². The lowest BCUT2D eigenvalue weighted by molar-refractivity contribution is -0.242. The molecule has 3 amide bonds. The average Bonchev–Trinajstić information content (AvgIpc) is 2.89. The number of carbonyl (C=O) groups is 3. The van der Waals surface area contributed by atoms with Gasteiger partial charge in [-0.15, -0.1) is 0 Å². The SMILES string of the molecule is Cc1ccc(S(=O)(=O)N2C[C@H](CC(C)(C)C(=O)NNC(=O)OC(C)(C)C)Oc3ccc(NC(=O)OC(C)(C)C(F)(F)F)cc32)cc1. The van der Waals surface area contributed by atoms with Crippen LogP contribution in [0.4, 0.5) is 34.1 Å². The van der Waals surface area contributed by atoms with E-state index in [1.165, 1.54) is 30.3 Å². The Bertz CT molecular complexity index is 1570. The van der Waals surface area contributed by atoms with Gasteiger partial charge in [0.05, 0.1) is 17.1 Å². The number of amides is 3. The van der Waals surface area contributed by atoms with Gasteiger partial charge in [-0.2, -0.15) is 13.2 Å². The maximum Gasteiger partial charge on any atom is 0.427 e. The molecule has 1 aliphatic heterocycles. The quantitative estimate of drug-likeness (QED) is 0.312. The van der Waals surface area contributed by atoms with Crippen molar-refractivity contribution in [3.8, 4) is 5.75 Å². The molecule has 1 atom stereocenters. The number of sulfonamides is 1. The number of hydrogen-bond acceptors (Lipinski definition) is 8. The second kappa shape index (κ2) is 12.9. The summed E-state index contributed by atoms with van der Waals surface area (Å²) >= 11 is 0. The molecule has 0 aromatic heterocycles. The van der Waals surface area contributed by atoms with Gasteiger partial charge in [0.15, 0.2) is 0 Å². The Balaban J connectivity index is 1.90. The third-order valence-corrected chi connectivity index (χ3v) is 8.60. The lowest BCUT2D eigenvalue weighted by Gasteiger charge is -2.38. The van der Waals surface area contributed by atoms with Crippen molar-refractivity contribution in [2.45, 2.75) is 90.2 Å². The number of benzene rings is 2. The van der Waals surface area contributed by atoms with Crippen molar-refractivity contribution in [3.05, 3.63) is 48.0 Å². The molecule has 2 aromatic rings. The van der Waals surface area contributed by atoms with Gasteiger partial charge in [-0.3, -0.25) is 19.8 Å². The van der Waals surface area contributed by atoms with Crippen molar-refractivity contribution in [1.29, 1.82) is 0 Å². The van der Waals surface area contributed by atoms with E-state index < -0.39 is 57.0 Å². The van der Waals surface area contributed by atoms with E-state index in [1.54, 1.807) is 53.7 Å². The molecule has 0 saturated carbocycles. The standard InChI is InChI=1S/C30H39F3N4O8S/c1-18-9-12-21(13-10-18)46(41,42)37-17-20(16-28(5,6)24(38)35-36-26(40)44-27(2,3)4)43-23-14-11-19(15-22(23)37)34-25(39)45-29(7,8)30(31,32)33/h9-15,20H,16-17H2,1-8H3,(H,34,39)(H,35,38)(H,36,40)/t20-/m0/s1. The van der Waals surface area contributed by atoms with Crippen LogP contribution in [0.3, 0.4) is 0 Å². The summed E-state index contributed by atoms with van der Waals surface area (Å²) < 4.78 is 84.3. The predicted molar refractivity (Wildman–Crippen MR) is 163 cm³/mol. The molecule has 0 radical (unpaired) electrons. The summed E-state index contributed by atoms with van der Waals surface area (Å²) in [5.74, 6) is -0.523. The molecule has 16 heteroatoms. The largest absolute Gasteiger partial charge is 0.486 e. The molecule has 12 nitrogen and oxygen atoms in total. The summed E-state index contributed by atoms with van der Waals surface area (Å²) in [4.78, 5) is 37.3. The highest BCUT2D eigenvalue weighted by Crippen LogP contribution is 2.41. The topological polar surface area (TPSA) is 152 Å². The van der Waals surface area contributed by atoms with Crippen molar-refractivity contribution in [3.63, 3.8) is 0 Å². The lowest BCUT2D eigenvalue weighted by Crippen LogP contribution is -2.51. The van der Waals surface area contributed by atoms with Gasteiger partial charge in [-0.05, 0) is 78.3 Å². The first-order valence-electron chi connectivity index (χ1n) is 14.2. The van der Waals surface area contributed by atoms with Crippen LogP contribution < -0.4 is 25.2 Å². The first-order valence-corrected chi connectivity index (χ1v) is 15.6. The maximum atomic E-state index is 13.9. The Kier molecular flexibility index (Phi) is 10.2. The third kappa shape index (κ3) is 8.95. The Labute approximate surface area is 266 Å². The van der Waals surface area contributed by atoms with Crippen LogP contribution in [0.5, 0.6) is 5.75 Å². The summed E-state index contributed by atoms with van der Waals surface area (Å²) in [6.07, 6.45) is -7.99. The third-order valence-electron chi connectivity index (χ3n) is 6.81. The molecule has 2 aromatic carbocycles. The first-order chi connectivity index (χ1) is 20.9. The number of rotatable bonds is 7. The van der Waals surface area contributed by atoms with Gasteiger partial charge in [0.1, 0.15) is 17.5 Å². The van der Waals surface area contributed by atoms with Gasteiger partial charge in [0.25, 0.3) is 10.0 Å². The number of nitrogens with zero attached hydrogens (tertiary/aromatic N) is 1. The van der Waals surface area contributed by atoms with Crippen LogP contribution in [0.2, 0.25) is 0 Å². The molecule has 0 saturated heterocycles. The molecule has 0 aliphatic carbocycles. The van der Waals surface area contributed by atoms with Crippen molar-refractivity contribution < 1.29 is 50.2 Å². The zero-order valence-corrected chi connectivity index (χ0v) is 27.6. The Morgan fingerprint density at radius 2 is 1.52 bits per heavy atom. The van der Waals surface area contributed by atoms with Crippen LogP contribution in [0.25, 0.3) is 0 Å². The minimum Gasteiger partial charge on any atom is -0.486 e. The van der Waals surface area contributed by atoms with Crippen molar-refractivity contribution in [1.82, 2.24) is 10.9 Å². The van der Waals surface area contributed by atoms with Crippen LogP contribution >= 0.6 is 0 Å². The van der Waals surface area contributed by atoms with Crippen molar-refractivity contribution in [2.24, 2.45) is 5.41 Å². The maximum absolute atomic E-state index is 13.9. The highest BCUT2D eigenvalue weighted by atomic mass is 32.2. The van der Waals surface area contributed by atoms with Gasteiger partial charge >= 0.3 is 18.4 Å². The van der Waals surface area contributed by atoms with Crippen LogP contribution in [0, 0.1) is 12.3 Å². The molecule has 0 bridgehead atoms. The fourth-order valence-corrected chi connectivity index (χ4v) is 5.74. The molecule has 3 rings (SSSR count). The normalized spacial score (nSPS) is 15.6. The molecule has 46 heavy (non-hydrogen) atoms. The predicted octanol–water partition coefficient (Wildman–Crippen LogP) is 5.81. The number of hydrazine groups is 1. The van der Waals surface area contributed by atoms with Crippen molar-refractivity contribution >= 4 is 39.5 Å². The minimum absolute atomic E-state index is 0.00134. The van der Waals surface area contributed by atoms with E-state index in [-0.39, 0.29) is 35.0 Å². The summed E-state index contributed by atoms with van der Waals surface area (Å²) in [5.41, 5.74) is 0.481. The molecule has 0 unspecified atom stereocenters. The molecular weight excluding hydrogens is 633 g/mol. The van der Waals surface area contributed by atoms with Crippen molar-refractivity contribution in [2.75, 3.05) is 16.2 Å². The molecule has 0 fully saturated rings. The second-order valence-electron chi connectivity index (χ2n) is 13.0. The zero-order chi connectivity index (χ0) is 34.9. The van der Waals surface area contributed by atoms with E-state index in [2.05, 4.69) is 20.9 Å². The monoisotopic (exact) mass is 672 g/mol. The van der Waals surface area contributed by atoms with Crippen LogP contribution in [-0.4, -0.2) is 56.5 Å². The number of halogens is 3. The minimum atomic E-state index is -4.83. The Morgan fingerprint density at radius 3 is 2.09 bits per heavy atom. The summed E-state index contributed by atoms with van der Waals surface area (Å²) in [6.45, 7) is 11.0. The number of alkyl halides is 3. The second-order valence-corrected chi connectivity index (χ2v) is 14.8. The van der Waals surface area contributed by atoms with Crippen LogP contribution in [-0.2, 0) is 24.3 Å². The molecule has 1 heterocycles. The van der Waals surface area contributed by atoms with Gasteiger partial charge in [-0.25, -0.2) is 23.4 Å². The van der Waals surface area contributed by atoms with E-state index >= 15 is 0 Å². The highest BCUT2D eigenvalue weighted by Gasteiger charge is 2.51. The molecule has 254 valence electrons. The fourth-order valence-electron chi connectivity index (χ4n) is 4.24. The number of aryl methyl sites for hydroxylation is 1. The Hall–Kier alpha value is -4.21. The number of carbonyl (C=O) groups excluding carboxylic acids is 3. The molecule has 0 spiro atoms. The summed E-state index contributed by atoms with van der Waals surface area (Å²) in [5, 5.41) is 2.21. The average molecular weight is 673 g/mol. The van der Waals surface area contributed by atoms with E-state index in [4.69, 9.17) is 9.47 Å². The summed E-state index contributed by atoms with van der Waals surface area (Å²) in [7, 11) is -4.25. The van der Waals surface area contributed by atoms with Gasteiger partial charge in [0, 0.05) is 11.1 Å². The van der Waals surface area contributed by atoms with E-state index in [0.29, 0.717) is 13.8 Å². The van der Waals surface area contributed by atoms with E-state index in [9.17, 15) is 36.0 Å². The van der Waals surface area contributed by atoms with E-state index in [0.717, 1.165) is 9.87 Å². The smallest absolute Gasteiger partial charge is 0.427 e. The lowest BCUT2D eigenvalue weighted by atomic mass is 9.85. The number of anilines is 2. The van der Waals surface area contributed by atoms with Gasteiger partial charge < -0.3 is 14.2 Å². The van der Waals surface area contributed by atoms with Crippen LogP contribution in [0.1, 0.15) is 60.5 Å². The number of ether oxygens (including phenoxy) is 3.